The fourth-order valence-corrected chi connectivity index (χ4v) is 2.84. The van der Waals surface area contributed by atoms with Crippen LogP contribution in [0.4, 0.5) is 5.69 Å². The van der Waals surface area contributed by atoms with Crippen LogP contribution in [-0.2, 0) is 0 Å². The fourth-order valence-electron chi connectivity index (χ4n) is 2.84. The highest BCUT2D eigenvalue weighted by Crippen LogP contribution is 2.18. The predicted octanol–water partition coefficient (Wildman–Crippen LogP) is 2.06. The van der Waals surface area contributed by atoms with E-state index in [0.717, 1.165) is 37.1 Å². The van der Waals surface area contributed by atoms with E-state index in [2.05, 4.69) is 23.9 Å². The van der Waals surface area contributed by atoms with Crippen LogP contribution in [0.25, 0.3) is 0 Å². The summed E-state index contributed by atoms with van der Waals surface area (Å²) in [5.41, 5.74) is 6.43. The van der Waals surface area contributed by atoms with Crippen molar-refractivity contribution in [2.45, 2.75) is 25.3 Å². The third-order valence-electron chi connectivity index (χ3n) is 3.81. The van der Waals surface area contributed by atoms with Gasteiger partial charge < -0.3 is 15.4 Å². The molecule has 0 amide bonds. The van der Waals surface area contributed by atoms with Gasteiger partial charge in [-0.05, 0) is 64.2 Å². The molecule has 0 bridgehead atoms. The van der Waals surface area contributed by atoms with E-state index in [-0.39, 0.29) is 0 Å². The summed E-state index contributed by atoms with van der Waals surface area (Å²) in [5.74, 6) is 0.908. The van der Waals surface area contributed by atoms with Crippen LogP contribution in [0.15, 0.2) is 24.3 Å². The van der Waals surface area contributed by atoms with Crippen molar-refractivity contribution in [3.63, 3.8) is 0 Å². The van der Waals surface area contributed by atoms with Gasteiger partial charge in [0.15, 0.2) is 0 Å². The molecule has 1 saturated heterocycles. The van der Waals surface area contributed by atoms with Crippen molar-refractivity contribution in [2.75, 3.05) is 46.1 Å². The molecule has 0 aliphatic carbocycles. The zero-order valence-corrected chi connectivity index (χ0v) is 12.7. The number of hydrogen-bond donors (Lipinski definition) is 1. The lowest BCUT2D eigenvalue weighted by Crippen LogP contribution is -2.38. The van der Waals surface area contributed by atoms with E-state index < -0.39 is 0 Å². The Hall–Kier alpha value is -1.26. The van der Waals surface area contributed by atoms with Crippen molar-refractivity contribution in [2.24, 2.45) is 0 Å². The van der Waals surface area contributed by atoms with Gasteiger partial charge in [0.1, 0.15) is 5.75 Å². The Morgan fingerprint density at radius 1 is 1.30 bits per heavy atom. The lowest BCUT2D eigenvalue weighted by atomic mass is 10.2. The maximum atomic E-state index is 5.74. The van der Waals surface area contributed by atoms with Gasteiger partial charge in [0.2, 0.25) is 0 Å². The lowest BCUT2D eigenvalue weighted by Gasteiger charge is -2.26. The molecule has 20 heavy (non-hydrogen) atoms. The average Bonchev–Trinajstić information content (AvgIpc) is 2.83. The van der Waals surface area contributed by atoms with Gasteiger partial charge in [0.05, 0.1) is 6.61 Å². The highest BCUT2D eigenvalue weighted by molar-refractivity contribution is 5.41. The standard InChI is InChI=1S/C16H27N3O/c1-18(2)13-15-5-3-10-19(15)11-4-12-20-16-8-6-14(17)7-9-16/h6-9,15H,3-5,10-13,17H2,1-2H3. The summed E-state index contributed by atoms with van der Waals surface area (Å²) >= 11 is 0. The minimum atomic E-state index is 0.724. The van der Waals surface area contributed by atoms with Crippen LogP contribution in [0, 0.1) is 0 Å². The Balaban J connectivity index is 1.66. The minimum Gasteiger partial charge on any atom is -0.494 e. The van der Waals surface area contributed by atoms with Crippen LogP contribution < -0.4 is 10.5 Å². The number of rotatable bonds is 7. The molecule has 112 valence electrons. The number of nitrogens with two attached hydrogens (primary N) is 1. The molecule has 1 fully saturated rings. The molecular weight excluding hydrogens is 250 g/mol. The number of anilines is 1. The third-order valence-corrected chi connectivity index (χ3v) is 3.81. The van der Waals surface area contributed by atoms with Crippen molar-refractivity contribution < 1.29 is 4.74 Å². The largest absolute Gasteiger partial charge is 0.494 e. The summed E-state index contributed by atoms with van der Waals surface area (Å²) in [7, 11) is 4.31. The van der Waals surface area contributed by atoms with Gasteiger partial charge in [-0.25, -0.2) is 0 Å². The zero-order chi connectivity index (χ0) is 14.4. The highest BCUT2D eigenvalue weighted by atomic mass is 16.5. The second-order valence-electron chi connectivity index (χ2n) is 5.87. The molecule has 4 nitrogen and oxygen atoms in total. The molecule has 4 heteroatoms. The molecule has 1 aromatic rings. The first-order chi connectivity index (χ1) is 9.65. The van der Waals surface area contributed by atoms with E-state index in [1.54, 1.807) is 0 Å². The van der Waals surface area contributed by atoms with Crippen LogP contribution in [-0.4, -0.2) is 56.2 Å². The number of nitrogens with zero attached hydrogens (tertiary/aromatic N) is 2. The molecule has 0 spiro atoms. The summed E-state index contributed by atoms with van der Waals surface area (Å²) in [4.78, 5) is 4.89. The van der Waals surface area contributed by atoms with Crippen molar-refractivity contribution >= 4 is 5.69 Å². The first kappa shape index (κ1) is 15.1. The molecule has 2 N–H and O–H groups in total. The zero-order valence-electron chi connectivity index (χ0n) is 12.7. The quantitative estimate of drug-likeness (QED) is 0.612. The average molecular weight is 277 g/mol. The van der Waals surface area contributed by atoms with Crippen LogP contribution in [0.5, 0.6) is 5.75 Å². The molecule has 1 atom stereocenters. The first-order valence-electron chi connectivity index (χ1n) is 7.52. The Morgan fingerprint density at radius 2 is 2.05 bits per heavy atom. The molecule has 1 aromatic carbocycles. The van der Waals surface area contributed by atoms with E-state index in [0.29, 0.717) is 0 Å². The van der Waals surface area contributed by atoms with Gasteiger partial charge in [0.25, 0.3) is 0 Å². The molecular formula is C16H27N3O. The minimum absolute atomic E-state index is 0.724. The number of nitrogen functional groups attached to an aromatic ring is 1. The van der Waals surface area contributed by atoms with Crippen LogP contribution >= 0.6 is 0 Å². The van der Waals surface area contributed by atoms with E-state index in [4.69, 9.17) is 10.5 Å². The van der Waals surface area contributed by atoms with Crippen LogP contribution in [0.2, 0.25) is 0 Å². The molecule has 0 radical (unpaired) electrons. The van der Waals surface area contributed by atoms with Gasteiger partial charge in [-0.15, -0.1) is 0 Å². The van der Waals surface area contributed by atoms with E-state index in [1.807, 2.05) is 24.3 Å². The number of likely N-dealkylation sites (N-methyl/N-ethyl adjacent to an activating group) is 1. The van der Waals surface area contributed by atoms with Gasteiger partial charge >= 0.3 is 0 Å². The van der Waals surface area contributed by atoms with Gasteiger partial charge in [0, 0.05) is 24.8 Å². The van der Waals surface area contributed by atoms with Gasteiger partial charge in [-0.2, -0.15) is 0 Å². The third kappa shape index (κ3) is 4.69. The SMILES string of the molecule is CN(C)CC1CCCN1CCCOc1ccc(N)cc1. The van der Waals surface area contributed by atoms with E-state index >= 15 is 0 Å². The summed E-state index contributed by atoms with van der Waals surface area (Å²) in [6, 6.07) is 8.34. The Labute approximate surface area is 122 Å². The monoisotopic (exact) mass is 277 g/mol. The molecule has 1 aliphatic rings. The lowest BCUT2D eigenvalue weighted by molar-refractivity contribution is 0.191. The normalized spacial score (nSPS) is 19.6. The summed E-state index contributed by atoms with van der Waals surface area (Å²) < 4.78 is 5.74. The number of hydrogen-bond acceptors (Lipinski definition) is 4. The Kier molecular flexibility index (Phi) is 5.68. The van der Waals surface area contributed by atoms with Crippen LogP contribution in [0.3, 0.4) is 0 Å². The molecule has 1 unspecified atom stereocenters. The highest BCUT2D eigenvalue weighted by Gasteiger charge is 2.24. The Morgan fingerprint density at radius 3 is 2.75 bits per heavy atom. The number of benzene rings is 1. The summed E-state index contributed by atoms with van der Waals surface area (Å²) in [6.45, 7) is 4.31. The molecule has 1 aliphatic heterocycles. The van der Waals surface area contributed by atoms with E-state index in [1.165, 1.54) is 25.9 Å². The van der Waals surface area contributed by atoms with Gasteiger partial charge in [-0.1, -0.05) is 0 Å². The molecule has 0 saturated carbocycles. The van der Waals surface area contributed by atoms with Crippen molar-refractivity contribution in [3.05, 3.63) is 24.3 Å². The van der Waals surface area contributed by atoms with Crippen molar-refractivity contribution in [1.29, 1.82) is 0 Å². The molecule has 2 rings (SSSR count). The van der Waals surface area contributed by atoms with Crippen LogP contribution in [0.1, 0.15) is 19.3 Å². The fraction of sp³-hybridized carbons (Fsp3) is 0.625. The predicted molar refractivity (Wildman–Crippen MR) is 84.1 cm³/mol. The topological polar surface area (TPSA) is 41.7 Å². The molecule has 1 heterocycles. The van der Waals surface area contributed by atoms with E-state index in [9.17, 15) is 0 Å². The summed E-state index contributed by atoms with van der Waals surface area (Å²) in [5, 5.41) is 0. The number of ether oxygens (including phenoxy) is 1. The van der Waals surface area contributed by atoms with Gasteiger partial charge in [-0.3, -0.25) is 4.90 Å². The smallest absolute Gasteiger partial charge is 0.119 e. The summed E-state index contributed by atoms with van der Waals surface area (Å²) in [6.07, 6.45) is 3.74. The maximum Gasteiger partial charge on any atom is 0.119 e. The van der Waals surface area contributed by atoms with Crippen molar-refractivity contribution in [3.8, 4) is 5.75 Å². The second kappa shape index (κ2) is 7.50. The Bertz CT molecular complexity index is 391. The second-order valence-corrected chi connectivity index (χ2v) is 5.87. The molecule has 0 aromatic heterocycles. The maximum absolute atomic E-state index is 5.74. The van der Waals surface area contributed by atoms with Crippen molar-refractivity contribution in [1.82, 2.24) is 9.80 Å². The first-order valence-corrected chi connectivity index (χ1v) is 7.52. The number of likely N-dealkylation sites (tertiary alicyclic amines) is 1.